The van der Waals surface area contributed by atoms with Crippen LogP contribution in [0, 0.1) is 0 Å². The van der Waals surface area contributed by atoms with Crippen molar-refractivity contribution in [1.29, 1.82) is 0 Å². The van der Waals surface area contributed by atoms with Gasteiger partial charge in [-0.15, -0.1) is 0 Å². The van der Waals surface area contributed by atoms with Crippen LogP contribution in [-0.2, 0) is 12.0 Å². The Kier molecular flexibility index (Phi) is 2.27. The molecule has 0 amide bonds. The third-order valence-corrected chi connectivity index (χ3v) is 6.56. The average Bonchev–Trinajstić information content (AvgIpc) is 3.05. The SMILES string of the molecule is c1ccc(CN2CC[C@]34c5ccccc5NC3N3C[C@@H]3C24)cc1. The second kappa shape index (κ2) is 4.16. The maximum absolute atomic E-state index is 3.83. The lowest BCUT2D eigenvalue weighted by Crippen LogP contribution is -2.48. The van der Waals surface area contributed by atoms with Crippen LogP contribution in [0.4, 0.5) is 5.69 Å². The number of hydrogen-bond acceptors (Lipinski definition) is 3. The van der Waals surface area contributed by atoms with Crippen LogP contribution in [0.3, 0.4) is 0 Å². The lowest BCUT2D eigenvalue weighted by molar-refractivity contribution is 0.214. The largest absolute Gasteiger partial charge is 0.369 e. The Morgan fingerprint density at radius 2 is 1.87 bits per heavy atom. The zero-order chi connectivity index (χ0) is 15.0. The number of para-hydroxylation sites is 1. The summed E-state index contributed by atoms with van der Waals surface area (Å²) in [7, 11) is 0. The van der Waals surface area contributed by atoms with E-state index in [1.165, 1.54) is 30.8 Å². The Morgan fingerprint density at radius 1 is 1.04 bits per heavy atom. The lowest BCUT2D eigenvalue weighted by atomic mass is 9.74. The van der Waals surface area contributed by atoms with Crippen molar-refractivity contribution in [1.82, 2.24) is 9.80 Å². The Morgan fingerprint density at radius 3 is 2.78 bits per heavy atom. The Bertz CT molecular complexity index is 773. The minimum Gasteiger partial charge on any atom is -0.369 e. The first-order chi connectivity index (χ1) is 11.4. The first-order valence-electron chi connectivity index (χ1n) is 8.78. The van der Waals surface area contributed by atoms with Crippen molar-refractivity contribution < 1.29 is 0 Å². The van der Waals surface area contributed by atoms with Crippen molar-refractivity contribution in [3.8, 4) is 0 Å². The summed E-state index contributed by atoms with van der Waals surface area (Å²) in [5.74, 6) is 0. The van der Waals surface area contributed by atoms with Gasteiger partial charge >= 0.3 is 0 Å². The standard InChI is InChI=1S/C20H21N3/c1-2-6-14(7-3-1)12-22-11-10-20-15-8-4-5-9-16(15)21-19(20)23-13-17(23)18(20)22/h1-9,17-19,21H,10-13H2/t17-,18?,19?,20-,23?/m1/s1. The molecule has 2 aromatic rings. The minimum absolute atomic E-state index is 0.314. The van der Waals surface area contributed by atoms with Crippen LogP contribution >= 0.6 is 0 Å². The smallest absolute Gasteiger partial charge is 0.0913 e. The Balaban J connectivity index is 1.42. The molecule has 3 saturated heterocycles. The van der Waals surface area contributed by atoms with Gasteiger partial charge in [-0.25, -0.2) is 0 Å². The summed E-state index contributed by atoms with van der Waals surface area (Å²) in [6.45, 7) is 3.58. The quantitative estimate of drug-likeness (QED) is 0.860. The van der Waals surface area contributed by atoms with Gasteiger partial charge in [-0.1, -0.05) is 48.5 Å². The molecule has 3 heteroatoms. The summed E-state index contributed by atoms with van der Waals surface area (Å²) in [5, 5.41) is 3.83. The van der Waals surface area contributed by atoms with Crippen LogP contribution in [0.15, 0.2) is 54.6 Å². The molecular weight excluding hydrogens is 282 g/mol. The molecule has 1 N–H and O–H groups in total. The molecular formula is C20H21N3. The highest BCUT2D eigenvalue weighted by atomic mass is 15.5. The number of hydrogen-bond donors (Lipinski definition) is 1. The van der Waals surface area contributed by atoms with E-state index < -0.39 is 0 Å². The number of nitrogens with one attached hydrogen (secondary N) is 1. The molecule has 0 bridgehead atoms. The van der Waals surface area contributed by atoms with Gasteiger partial charge in [-0.2, -0.15) is 0 Å². The first kappa shape index (κ1) is 12.6. The van der Waals surface area contributed by atoms with Gasteiger partial charge in [0.15, 0.2) is 0 Å². The molecule has 3 fully saturated rings. The monoisotopic (exact) mass is 303 g/mol. The number of anilines is 1. The average molecular weight is 303 g/mol. The van der Waals surface area contributed by atoms with E-state index in [0.717, 1.165) is 12.6 Å². The molecule has 116 valence electrons. The third kappa shape index (κ3) is 1.47. The van der Waals surface area contributed by atoms with E-state index in [-0.39, 0.29) is 0 Å². The predicted octanol–water partition coefficient (Wildman–Crippen LogP) is 2.65. The van der Waals surface area contributed by atoms with Gasteiger partial charge in [0.1, 0.15) is 0 Å². The van der Waals surface area contributed by atoms with Crippen molar-refractivity contribution in [2.45, 2.75) is 36.6 Å². The second-order valence-electron chi connectivity index (χ2n) is 7.55. The molecule has 6 rings (SSSR count). The van der Waals surface area contributed by atoms with Crippen molar-refractivity contribution >= 4 is 5.69 Å². The molecule has 0 aliphatic carbocycles. The Labute approximate surface area is 136 Å². The zero-order valence-electron chi connectivity index (χ0n) is 13.2. The van der Waals surface area contributed by atoms with Gasteiger partial charge in [0.25, 0.3) is 0 Å². The summed E-state index contributed by atoms with van der Waals surface area (Å²) >= 11 is 0. The maximum atomic E-state index is 3.83. The van der Waals surface area contributed by atoms with Gasteiger partial charge in [0, 0.05) is 36.3 Å². The van der Waals surface area contributed by atoms with E-state index in [9.17, 15) is 0 Å². The fraction of sp³-hybridized carbons (Fsp3) is 0.400. The number of piperidine rings is 1. The van der Waals surface area contributed by atoms with Gasteiger partial charge in [-0.05, 0) is 30.2 Å². The number of benzene rings is 2. The van der Waals surface area contributed by atoms with Gasteiger partial charge in [0.2, 0.25) is 0 Å². The van der Waals surface area contributed by atoms with E-state index in [4.69, 9.17) is 0 Å². The van der Waals surface area contributed by atoms with Crippen LogP contribution in [0.25, 0.3) is 0 Å². The molecule has 4 aliphatic heterocycles. The van der Waals surface area contributed by atoms with Crippen molar-refractivity contribution in [3.63, 3.8) is 0 Å². The summed E-state index contributed by atoms with van der Waals surface area (Å²) in [5.41, 5.74) is 4.69. The fourth-order valence-corrected chi connectivity index (χ4v) is 5.68. The Hall–Kier alpha value is -1.84. The van der Waals surface area contributed by atoms with E-state index >= 15 is 0 Å². The highest BCUT2D eigenvalue weighted by Crippen LogP contribution is 2.61. The van der Waals surface area contributed by atoms with Gasteiger partial charge < -0.3 is 5.32 Å². The summed E-state index contributed by atoms with van der Waals surface area (Å²) in [4.78, 5) is 5.44. The summed E-state index contributed by atoms with van der Waals surface area (Å²) in [6.07, 6.45) is 1.81. The van der Waals surface area contributed by atoms with E-state index in [0.29, 0.717) is 17.6 Å². The highest BCUT2D eigenvalue weighted by molar-refractivity contribution is 5.65. The molecule has 3 unspecified atom stereocenters. The van der Waals surface area contributed by atoms with E-state index in [2.05, 4.69) is 69.7 Å². The molecule has 4 aliphatic rings. The van der Waals surface area contributed by atoms with Crippen LogP contribution in [0.2, 0.25) is 0 Å². The first-order valence-corrected chi connectivity index (χ1v) is 8.78. The van der Waals surface area contributed by atoms with Crippen molar-refractivity contribution in [2.24, 2.45) is 0 Å². The van der Waals surface area contributed by atoms with Crippen LogP contribution in [0.1, 0.15) is 17.5 Å². The van der Waals surface area contributed by atoms with Crippen LogP contribution < -0.4 is 5.32 Å². The fourth-order valence-electron chi connectivity index (χ4n) is 5.68. The predicted molar refractivity (Wildman–Crippen MR) is 91.3 cm³/mol. The van der Waals surface area contributed by atoms with Crippen molar-refractivity contribution in [2.75, 3.05) is 18.4 Å². The molecule has 23 heavy (non-hydrogen) atoms. The molecule has 1 spiro atoms. The highest BCUT2D eigenvalue weighted by Gasteiger charge is 2.72. The molecule has 2 aromatic carbocycles. The number of fused-ring (bicyclic) bond motifs is 4. The molecule has 5 atom stereocenters. The summed E-state index contributed by atoms with van der Waals surface area (Å²) in [6, 6.07) is 21.4. The topological polar surface area (TPSA) is 18.3 Å². The molecule has 0 radical (unpaired) electrons. The van der Waals surface area contributed by atoms with E-state index in [1.807, 2.05) is 0 Å². The van der Waals surface area contributed by atoms with E-state index in [1.54, 1.807) is 5.56 Å². The minimum atomic E-state index is 0.314. The third-order valence-electron chi connectivity index (χ3n) is 6.56. The van der Waals surface area contributed by atoms with Crippen LogP contribution in [0.5, 0.6) is 0 Å². The number of rotatable bonds is 2. The molecule has 3 nitrogen and oxygen atoms in total. The number of likely N-dealkylation sites (tertiary alicyclic amines) is 1. The van der Waals surface area contributed by atoms with Gasteiger partial charge in [-0.3, -0.25) is 9.80 Å². The molecule has 0 saturated carbocycles. The molecule has 4 heterocycles. The van der Waals surface area contributed by atoms with Crippen LogP contribution in [-0.4, -0.2) is 41.1 Å². The lowest BCUT2D eigenvalue weighted by Gasteiger charge is -2.34. The van der Waals surface area contributed by atoms with Gasteiger partial charge in [0.05, 0.1) is 6.17 Å². The summed E-state index contributed by atoms with van der Waals surface area (Å²) < 4.78 is 0. The maximum Gasteiger partial charge on any atom is 0.0913 e. The van der Waals surface area contributed by atoms with Crippen molar-refractivity contribution in [3.05, 3.63) is 65.7 Å². The zero-order valence-corrected chi connectivity index (χ0v) is 13.2. The normalized spacial score (nSPS) is 39.3. The number of nitrogens with zero attached hydrogens (tertiary/aromatic N) is 2. The second-order valence-corrected chi connectivity index (χ2v) is 7.55. The molecule has 0 aromatic heterocycles.